The van der Waals surface area contributed by atoms with E-state index >= 15 is 0 Å². The van der Waals surface area contributed by atoms with E-state index in [0.29, 0.717) is 0 Å². The number of hydrogen-bond donors (Lipinski definition) is 0. The Bertz CT molecular complexity index is 1150. The van der Waals surface area contributed by atoms with Gasteiger partial charge in [0, 0.05) is 35.4 Å². The van der Waals surface area contributed by atoms with Crippen molar-refractivity contribution in [2.45, 2.75) is 33.8 Å². The van der Waals surface area contributed by atoms with Crippen molar-refractivity contribution in [1.29, 1.82) is 0 Å². The molecule has 0 saturated heterocycles. The number of halogens is 6. The molecule has 0 bridgehead atoms. The van der Waals surface area contributed by atoms with E-state index in [4.69, 9.17) is 83.2 Å². The largest absolute Gasteiger partial charge is 0.483 e. The van der Waals surface area contributed by atoms with E-state index in [1.165, 1.54) is 12.1 Å². The molecular weight excluding hydrogens is 616 g/mol. The summed E-state index contributed by atoms with van der Waals surface area (Å²) in [6.07, 6.45) is 0. The van der Waals surface area contributed by atoms with Gasteiger partial charge in [-0.2, -0.15) is 0 Å². The van der Waals surface area contributed by atoms with Crippen LogP contribution in [-0.2, 0) is 27.2 Å². The van der Waals surface area contributed by atoms with E-state index in [9.17, 15) is 24.8 Å². The van der Waals surface area contributed by atoms with Crippen LogP contribution in [0.25, 0.3) is 0 Å². The molecule has 0 aromatic heterocycles. The van der Waals surface area contributed by atoms with Gasteiger partial charge in [-0.25, -0.2) is 13.6 Å². The molecule has 0 radical (unpaired) electrons. The molecule has 10 nitrogen and oxygen atoms in total. The minimum absolute atomic E-state index is 0.0281. The van der Waals surface area contributed by atoms with Crippen LogP contribution < -0.4 is 0 Å². The van der Waals surface area contributed by atoms with Gasteiger partial charge in [-0.15, -0.1) is 0 Å². The Morgan fingerprint density at radius 3 is 1.80 bits per heavy atom. The average molecular weight is 631 g/mol. The smallest absolute Gasteiger partial charge is 0.258 e. The summed E-state index contributed by atoms with van der Waals surface area (Å²) in [5.74, 6) is -0.347. The molecule has 0 spiro atoms. The van der Waals surface area contributed by atoms with Crippen LogP contribution in [0.4, 0.5) is 11.4 Å². The molecular formula is C18H15Cl6N2O8P. The van der Waals surface area contributed by atoms with Crippen LogP contribution in [0.15, 0.2) is 42.5 Å². The zero-order chi connectivity index (χ0) is 26.8. The highest BCUT2D eigenvalue weighted by Gasteiger charge is 2.48. The third kappa shape index (κ3) is 8.04. The van der Waals surface area contributed by atoms with Gasteiger partial charge < -0.3 is 0 Å². The maximum absolute atomic E-state index is 13.4. The fraction of sp³-hybridized carbons (Fsp3) is 0.333. The van der Waals surface area contributed by atoms with Gasteiger partial charge in [-0.1, -0.05) is 83.5 Å². The molecule has 2 aromatic carbocycles. The zero-order valence-electron chi connectivity index (χ0n) is 17.6. The van der Waals surface area contributed by atoms with Crippen molar-refractivity contribution in [2.75, 3.05) is 0 Å². The van der Waals surface area contributed by atoms with Crippen molar-refractivity contribution in [3.05, 3.63) is 79.4 Å². The Balaban J connectivity index is 2.47. The summed E-state index contributed by atoms with van der Waals surface area (Å²) in [7, 11) is -5.02. The Kier molecular flexibility index (Phi) is 10.1. The predicted octanol–water partition coefficient (Wildman–Crippen LogP) is 8.42. The van der Waals surface area contributed by atoms with Gasteiger partial charge in [-0.05, 0) is 29.7 Å². The normalized spacial score (nSPS) is 14.2. The Morgan fingerprint density at radius 2 is 1.34 bits per heavy atom. The van der Waals surface area contributed by atoms with Crippen LogP contribution in [-0.4, -0.2) is 14.9 Å². The van der Waals surface area contributed by atoms with E-state index < -0.39 is 31.7 Å². The molecule has 35 heavy (non-hydrogen) atoms. The standard InChI is InChI=1S/C18H15Cl6N2O8P/c1-10(2)14-9-13(26(29)30)7-8-15(14)18(23,24)34-35(31,32-16(19)20)33-17(21,22)11-3-5-12(6-4-11)25(27)28/h3-10,16H,1-2H3. The first-order chi connectivity index (χ1) is 16.0. The molecule has 1 atom stereocenters. The summed E-state index contributed by atoms with van der Waals surface area (Å²) in [4.78, 5) is 20.7. The quantitative estimate of drug-likeness (QED) is 0.105. The Hall–Kier alpha value is -0.910. The van der Waals surface area contributed by atoms with E-state index in [0.717, 1.165) is 30.3 Å². The molecule has 0 aliphatic heterocycles. The first-order valence-corrected chi connectivity index (χ1v) is 13.1. The molecule has 2 rings (SSSR count). The molecule has 2 aromatic rings. The van der Waals surface area contributed by atoms with Crippen LogP contribution in [0, 0.1) is 20.2 Å². The molecule has 0 saturated carbocycles. The highest BCUT2D eigenvalue weighted by atomic mass is 35.5. The second-order valence-electron chi connectivity index (χ2n) is 7.02. The second-order valence-corrected chi connectivity index (χ2v) is 12.0. The zero-order valence-corrected chi connectivity index (χ0v) is 23.0. The number of nitro benzene ring substituents is 2. The van der Waals surface area contributed by atoms with Crippen LogP contribution in [0.2, 0.25) is 0 Å². The fourth-order valence-corrected chi connectivity index (χ4v) is 6.01. The SMILES string of the molecule is CC(C)c1cc([N+](=O)[O-])ccc1C(Cl)(Cl)OP(=O)(OC(Cl)Cl)OC(Cl)(Cl)c1ccc([N+](=O)[O-])cc1. The van der Waals surface area contributed by atoms with E-state index in [1.54, 1.807) is 13.8 Å². The molecule has 0 N–H and O–H groups in total. The van der Waals surface area contributed by atoms with Crippen molar-refractivity contribution in [3.8, 4) is 0 Å². The van der Waals surface area contributed by atoms with Gasteiger partial charge in [0.05, 0.1) is 9.85 Å². The lowest BCUT2D eigenvalue weighted by atomic mass is 9.96. The number of hydrogen-bond acceptors (Lipinski definition) is 8. The molecule has 0 aliphatic carbocycles. The summed E-state index contributed by atoms with van der Waals surface area (Å²) < 4.78 is 23.8. The summed E-state index contributed by atoms with van der Waals surface area (Å²) in [6.45, 7) is 3.40. The highest BCUT2D eigenvalue weighted by Crippen LogP contribution is 2.64. The number of nitrogens with zero attached hydrogens (tertiary/aromatic N) is 2. The number of benzene rings is 2. The summed E-state index contributed by atoms with van der Waals surface area (Å²) in [5, 5.41) is 20.2. The predicted molar refractivity (Wildman–Crippen MR) is 133 cm³/mol. The second kappa shape index (κ2) is 11.6. The lowest BCUT2D eigenvalue weighted by Gasteiger charge is -2.31. The lowest BCUT2D eigenvalue weighted by Crippen LogP contribution is -2.23. The van der Waals surface area contributed by atoms with Crippen molar-refractivity contribution < 1.29 is 28.0 Å². The number of nitro groups is 2. The third-order valence-corrected chi connectivity index (χ3v) is 7.73. The maximum atomic E-state index is 13.4. The minimum atomic E-state index is -5.02. The number of alkyl halides is 6. The van der Waals surface area contributed by atoms with Gasteiger partial charge in [0.2, 0.25) is 5.02 Å². The van der Waals surface area contributed by atoms with E-state index in [1.807, 2.05) is 0 Å². The summed E-state index contributed by atoms with van der Waals surface area (Å²) in [5.41, 5.74) is -0.387. The molecule has 192 valence electrons. The van der Waals surface area contributed by atoms with Gasteiger partial charge in [0.1, 0.15) is 0 Å². The lowest BCUT2D eigenvalue weighted by molar-refractivity contribution is -0.385. The van der Waals surface area contributed by atoms with Gasteiger partial charge >= 0.3 is 7.82 Å². The first kappa shape index (κ1) is 30.3. The van der Waals surface area contributed by atoms with E-state index in [2.05, 4.69) is 0 Å². The van der Waals surface area contributed by atoms with Crippen LogP contribution in [0.3, 0.4) is 0 Å². The molecule has 0 amide bonds. The molecule has 0 fully saturated rings. The maximum Gasteiger partial charge on any atom is 0.483 e. The van der Waals surface area contributed by atoms with Crippen LogP contribution in [0.5, 0.6) is 0 Å². The number of phosphoric acid groups is 1. The topological polar surface area (TPSA) is 131 Å². The monoisotopic (exact) mass is 628 g/mol. The average Bonchev–Trinajstić information content (AvgIpc) is 2.71. The van der Waals surface area contributed by atoms with Crippen molar-refractivity contribution in [2.24, 2.45) is 0 Å². The first-order valence-electron chi connectivity index (χ1n) is 9.25. The molecule has 1 unspecified atom stereocenters. The molecule has 0 heterocycles. The third-order valence-electron chi connectivity index (χ3n) is 4.26. The van der Waals surface area contributed by atoms with Gasteiger partial charge in [0.15, 0.2) is 0 Å². The molecule has 17 heteroatoms. The number of phosphoric ester groups is 1. The van der Waals surface area contributed by atoms with Crippen molar-refractivity contribution in [1.82, 2.24) is 0 Å². The van der Waals surface area contributed by atoms with Crippen LogP contribution >= 0.6 is 77.4 Å². The van der Waals surface area contributed by atoms with Crippen LogP contribution in [0.1, 0.15) is 36.5 Å². The minimum Gasteiger partial charge on any atom is -0.258 e. The van der Waals surface area contributed by atoms with Gasteiger partial charge in [-0.3, -0.25) is 24.8 Å². The summed E-state index contributed by atoms with van der Waals surface area (Å²) >= 11 is 36.2. The summed E-state index contributed by atoms with van der Waals surface area (Å²) in [6, 6.07) is 7.90. The van der Waals surface area contributed by atoms with Crippen molar-refractivity contribution >= 4 is 88.8 Å². The fourth-order valence-electron chi connectivity index (χ4n) is 2.73. The Morgan fingerprint density at radius 1 is 0.857 bits per heavy atom. The highest BCUT2D eigenvalue weighted by molar-refractivity contribution is 7.49. The van der Waals surface area contributed by atoms with E-state index in [-0.39, 0.29) is 34.0 Å². The Labute approximate surface area is 229 Å². The number of rotatable bonds is 11. The molecule has 0 aliphatic rings. The van der Waals surface area contributed by atoms with Crippen molar-refractivity contribution in [3.63, 3.8) is 0 Å². The van der Waals surface area contributed by atoms with Gasteiger partial charge in [0.25, 0.3) is 20.4 Å². The number of non-ortho nitro benzene ring substituents is 2.